The summed E-state index contributed by atoms with van der Waals surface area (Å²) in [5.41, 5.74) is 2.72. The third kappa shape index (κ3) is 4.77. The summed E-state index contributed by atoms with van der Waals surface area (Å²) in [6.07, 6.45) is 1.04. The van der Waals surface area contributed by atoms with Gasteiger partial charge in [-0.3, -0.25) is 9.59 Å². The Morgan fingerprint density at radius 2 is 1.51 bits per heavy atom. The molecule has 2 aromatic rings. The summed E-state index contributed by atoms with van der Waals surface area (Å²) in [7, 11) is 0. The van der Waals surface area contributed by atoms with Gasteiger partial charge in [0.25, 0.3) is 0 Å². The van der Waals surface area contributed by atoms with Crippen LogP contribution in [-0.2, 0) is 14.3 Å². The van der Waals surface area contributed by atoms with E-state index in [9.17, 15) is 19.5 Å². The molecule has 0 heterocycles. The quantitative estimate of drug-likeness (QED) is 0.535. The van der Waals surface area contributed by atoms with E-state index < -0.39 is 28.9 Å². The number of amides is 2. The lowest BCUT2D eigenvalue weighted by molar-refractivity contribution is -0.142. The van der Waals surface area contributed by atoms with Crippen LogP contribution in [0.15, 0.2) is 48.5 Å². The van der Waals surface area contributed by atoms with Crippen LogP contribution in [0.4, 0.5) is 4.79 Å². The van der Waals surface area contributed by atoms with Gasteiger partial charge in [-0.05, 0) is 69.2 Å². The van der Waals surface area contributed by atoms with E-state index in [1.165, 1.54) is 0 Å². The number of fused-ring (bicyclic) bond motifs is 3. The molecule has 0 bridgehead atoms. The second kappa shape index (κ2) is 9.36. The smallest absolute Gasteiger partial charge is 0.407 e. The summed E-state index contributed by atoms with van der Waals surface area (Å²) in [6.45, 7) is 7.33. The fourth-order valence-corrected chi connectivity index (χ4v) is 5.03. The predicted molar refractivity (Wildman–Crippen MR) is 133 cm³/mol. The summed E-state index contributed by atoms with van der Waals surface area (Å²) >= 11 is 0. The molecule has 186 valence electrons. The fourth-order valence-electron chi connectivity index (χ4n) is 5.03. The van der Waals surface area contributed by atoms with Gasteiger partial charge in [-0.2, -0.15) is 0 Å². The standard InChI is InChI=1S/C28H34N2O5/c1-27(2,25(33)29-18-14-13-17(15-18)24(31)32)28(3,4)30-26(34)35-16-23-21-11-7-5-9-19(21)20-10-6-8-12-22(20)23/h5-12,17-18,23H,13-16H2,1-4H3,(H,29,33)(H,30,34)(H,31,32)/t17-,18+/m0/s1. The van der Waals surface area contributed by atoms with Crippen LogP contribution in [0.5, 0.6) is 0 Å². The maximum absolute atomic E-state index is 13.1. The van der Waals surface area contributed by atoms with Crippen LogP contribution in [0.2, 0.25) is 0 Å². The summed E-state index contributed by atoms with van der Waals surface area (Å²) in [4.78, 5) is 37.2. The minimum atomic E-state index is -0.958. The van der Waals surface area contributed by atoms with E-state index in [4.69, 9.17) is 4.74 Å². The number of alkyl carbamates (subject to hydrolysis) is 1. The van der Waals surface area contributed by atoms with Gasteiger partial charge >= 0.3 is 12.1 Å². The second-order valence-electron chi connectivity index (χ2n) is 10.7. The predicted octanol–water partition coefficient (Wildman–Crippen LogP) is 4.70. The number of carboxylic acid groups (broad SMARTS) is 1. The zero-order valence-corrected chi connectivity index (χ0v) is 20.8. The molecule has 2 aromatic carbocycles. The second-order valence-corrected chi connectivity index (χ2v) is 10.7. The average Bonchev–Trinajstić information content (AvgIpc) is 3.40. The van der Waals surface area contributed by atoms with Gasteiger partial charge in [0.1, 0.15) is 6.61 Å². The minimum Gasteiger partial charge on any atom is -0.481 e. The number of hydrogen-bond donors (Lipinski definition) is 3. The van der Waals surface area contributed by atoms with Crippen molar-refractivity contribution >= 4 is 18.0 Å². The van der Waals surface area contributed by atoms with Crippen LogP contribution in [0.25, 0.3) is 11.1 Å². The van der Waals surface area contributed by atoms with Crippen molar-refractivity contribution in [1.29, 1.82) is 0 Å². The molecule has 0 aromatic heterocycles. The monoisotopic (exact) mass is 478 g/mol. The van der Waals surface area contributed by atoms with Gasteiger partial charge in [0, 0.05) is 12.0 Å². The maximum atomic E-state index is 13.1. The molecule has 35 heavy (non-hydrogen) atoms. The molecule has 7 nitrogen and oxygen atoms in total. The molecule has 2 atom stereocenters. The average molecular weight is 479 g/mol. The van der Waals surface area contributed by atoms with Crippen LogP contribution in [0.1, 0.15) is 64.0 Å². The Morgan fingerprint density at radius 3 is 2.06 bits per heavy atom. The van der Waals surface area contributed by atoms with Crippen LogP contribution in [-0.4, -0.2) is 41.3 Å². The number of carboxylic acids is 1. The van der Waals surface area contributed by atoms with Crippen molar-refractivity contribution in [3.8, 4) is 11.1 Å². The number of carbonyl (C=O) groups excluding carboxylic acids is 2. The Kier molecular flexibility index (Phi) is 6.62. The molecule has 0 spiro atoms. The highest BCUT2D eigenvalue weighted by Gasteiger charge is 2.46. The molecule has 0 saturated heterocycles. The minimum absolute atomic E-state index is 0.0443. The van der Waals surface area contributed by atoms with Crippen LogP contribution < -0.4 is 10.6 Å². The van der Waals surface area contributed by atoms with Gasteiger partial charge in [-0.25, -0.2) is 4.79 Å². The maximum Gasteiger partial charge on any atom is 0.407 e. The summed E-state index contributed by atoms with van der Waals surface area (Å²) in [6, 6.07) is 16.1. The van der Waals surface area contributed by atoms with Gasteiger partial charge in [-0.1, -0.05) is 48.5 Å². The first-order chi connectivity index (χ1) is 16.5. The lowest BCUT2D eigenvalue weighted by Gasteiger charge is -2.41. The topological polar surface area (TPSA) is 105 Å². The van der Waals surface area contributed by atoms with Crippen LogP contribution in [0, 0.1) is 11.3 Å². The van der Waals surface area contributed by atoms with Crippen molar-refractivity contribution in [2.45, 2.75) is 64.5 Å². The zero-order chi connectivity index (χ0) is 25.4. The molecular weight excluding hydrogens is 444 g/mol. The molecule has 2 aliphatic rings. The number of rotatable bonds is 7. The van der Waals surface area contributed by atoms with E-state index in [0.717, 1.165) is 22.3 Å². The van der Waals surface area contributed by atoms with Crippen molar-refractivity contribution in [2.75, 3.05) is 6.61 Å². The first kappa shape index (κ1) is 24.8. The van der Waals surface area contributed by atoms with E-state index in [1.54, 1.807) is 27.7 Å². The van der Waals surface area contributed by atoms with Crippen molar-refractivity contribution < 1.29 is 24.2 Å². The Hall–Kier alpha value is -3.35. The molecule has 1 fully saturated rings. The number of hydrogen-bond acceptors (Lipinski definition) is 4. The van der Waals surface area contributed by atoms with E-state index in [2.05, 4.69) is 34.9 Å². The van der Waals surface area contributed by atoms with E-state index in [0.29, 0.717) is 19.3 Å². The highest BCUT2D eigenvalue weighted by Crippen LogP contribution is 2.44. The first-order valence-corrected chi connectivity index (χ1v) is 12.2. The number of aliphatic carboxylic acids is 1. The number of ether oxygens (including phenoxy) is 1. The fraction of sp³-hybridized carbons (Fsp3) is 0.464. The third-order valence-electron chi connectivity index (χ3n) is 8.01. The van der Waals surface area contributed by atoms with Crippen molar-refractivity contribution in [2.24, 2.45) is 11.3 Å². The van der Waals surface area contributed by atoms with Gasteiger partial charge < -0.3 is 20.5 Å². The molecule has 2 amide bonds. The highest BCUT2D eigenvalue weighted by molar-refractivity contribution is 5.85. The molecule has 1 saturated carbocycles. The SMILES string of the molecule is CC(C)(NC(=O)OCC1c2ccccc2-c2ccccc21)C(C)(C)C(=O)N[C@@H]1CC[C@H](C(=O)O)C1. The van der Waals surface area contributed by atoms with Crippen LogP contribution in [0.3, 0.4) is 0 Å². The Balaban J connectivity index is 1.37. The van der Waals surface area contributed by atoms with E-state index in [1.807, 2.05) is 24.3 Å². The molecule has 0 radical (unpaired) electrons. The van der Waals surface area contributed by atoms with Gasteiger partial charge in [0.05, 0.1) is 16.9 Å². The molecule has 3 N–H and O–H groups in total. The van der Waals surface area contributed by atoms with Crippen LogP contribution >= 0.6 is 0 Å². The first-order valence-electron chi connectivity index (χ1n) is 12.2. The molecule has 4 rings (SSSR count). The van der Waals surface area contributed by atoms with Gasteiger partial charge in [-0.15, -0.1) is 0 Å². The summed E-state index contributed by atoms with van der Waals surface area (Å²) in [5.74, 6) is -1.51. The van der Waals surface area contributed by atoms with E-state index in [-0.39, 0.29) is 24.5 Å². The number of carbonyl (C=O) groups is 3. The molecule has 7 heteroatoms. The molecule has 0 unspecified atom stereocenters. The van der Waals surface area contributed by atoms with Gasteiger partial charge in [0.15, 0.2) is 0 Å². The number of benzene rings is 2. The van der Waals surface area contributed by atoms with Crippen molar-refractivity contribution in [1.82, 2.24) is 10.6 Å². The van der Waals surface area contributed by atoms with Gasteiger partial charge in [0.2, 0.25) is 5.91 Å². The lowest BCUT2D eigenvalue weighted by atomic mass is 9.73. The molecule has 0 aliphatic heterocycles. The molecule has 2 aliphatic carbocycles. The van der Waals surface area contributed by atoms with E-state index >= 15 is 0 Å². The Labute approximate surface area is 206 Å². The highest BCUT2D eigenvalue weighted by atomic mass is 16.5. The normalized spacial score (nSPS) is 19.5. The Morgan fingerprint density at radius 1 is 0.943 bits per heavy atom. The third-order valence-corrected chi connectivity index (χ3v) is 8.01. The summed E-state index contributed by atoms with van der Waals surface area (Å²) in [5, 5.41) is 15.1. The zero-order valence-electron chi connectivity index (χ0n) is 20.8. The Bertz CT molecular complexity index is 1090. The summed E-state index contributed by atoms with van der Waals surface area (Å²) < 4.78 is 5.68. The number of nitrogens with one attached hydrogen (secondary N) is 2. The van der Waals surface area contributed by atoms with Crippen molar-refractivity contribution in [3.63, 3.8) is 0 Å². The lowest BCUT2D eigenvalue weighted by Crippen LogP contribution is -2.60. The van der Waals surface area contributed by atoms with Crippen molar-refractivity contribution in [3.05, 3.63) is 59.7 Å². The largest absolute Gasteiger partial charge is 0.481 e. The molecular formula is C28H34N2O5.